The smallest absolute Gasteiger partial charge is 0.335 e. The van der Waals surface area contributed by atoms with Gasteiger partial charge in [0.15, 0.2) is 5.82 Å². The molecule has 0 amide bonds. The second kappa shape index (κ2) is 7.93. The standard InChI is InChI=1S/C20H16IN5O2/c21-8-9-22-20-23-11-15-14-7-6-12(19(27)28)10-16(14)25-18(17(15)26-20)24-13-4-2-1-3-5-13/h1-7,10-11H,8-9H2,(H,24,25)(H,27,28)(H,22,23,26). The van der Waals surface area contributed by atoms with E-state index in [0.717, 1.165) is 27.4 Å². The summed E-state index contributed by atoms with van der Waals surface area (Å²) in [6.07, 6.45) is 1.75. The number of halogens is 1. The molecule has 140 valence electrons. The van der Waals surface area contributed by atoms with Crippen molar-refractivity contribution >= 4 is 67.8 Å². The Bertz CT molecular complexity index is 1170. The molecule has 0 bridgehead atoms. The highest BCUT2D eigenvalue weighted by Crippen LogP contribution is 2.30. The van der Waals surface area contributed by atoms with Crippen LogP contribution < -0.4 is 10.6 Å². The average molecular weight is 485 g/mol. The van der Waals surface area contributed by atoms with Crippen LogP contribution in [0.1, 0.15) is 10.4 Å². The molecule has 8 heteroatoms. The van der Waals surface area contributed by atoms with Gasteiger partial charge in [0.05, 0.1) is 11.1 Å². The lowest BCUT2D eigenvalue weighted by Gasteiger charge is -2.12. The topological polar surface area (TPSA) is 100 Å². The van der Waals surface area contributed by atoms with E-state index in [4.69, 9.17) is 0 Å². The minimum atomic E-state index is -0.990. The zero-order chi connectivity index (χ0) is 19.5. The number of hydrogen-bond donors (Lipinski definition) is 3. The molecule has 0 fully saturated rings. The van der Waals surface area contributed by atoms with Crippen LogP contribution in [-0.4, -0.2) is 37.0 Å². The SMILES string of the molecule is O=C(O)c1ccc2c(c1)nc(Nc1ccccc1)c1nc(NCCI)ncc12. The van der Waals surface area contributed by atoms with E-state index in [0.29, 0.717) is 22.8 Å². The summed E-state index contributed by atoms with van der Waals surface area (Å²) in [5.41, 5.74) is 2.30. The van der Waals surface area contributed by atoms with Gasteiger partial charge in [0.2, 0.25) is 5.95 Å². The van der Waals surface area contributed by atoms with Crippen LogP contribution in [0.5, 0.6) is 0 Å². The Morgan fingerprint density at radius 2 is 1.89 bits per heavy atom. The van der Waals surface area contributed by atoms with Crippen LogP contribution in [0.4, 0.5) is 17.5 Å². The van der Waals surface area contributed by atoms with Crippen molar-refractivity contribution in [2.45, 2.75) is 0 Å². The molecule has 2 heterocycles. The molecule has 0 radical (unpaired) electrons. The largest absolute Gasteiger partial charge is 0.478 e. The molecule has 0 saturated carbocycles. The molecule has 2 aromatic heterocycles. The molecular formula is C20H16IN5O2. The van der Waals surface area contributed by atoms with Gasteiger partial charge in [0.25, 0.3) is 0 Å². The Morgan fingerprint density at radius 1 is 1.07 bits per heavy atom. The number of anilines is 3. The number of alkyl halides is 1. The number of benzene rings is 2. The number of pyridine rings is 1. The van der Waals surface area contributed by atoms with E-state index in [-0.39, 0.29) is 5.56 Å². The highest BCUT2D eigenvalue weighted by molar-refractivity contribution is 14.1. The molecule has 7 nitrogen and oxygen atoms in total. The molecular weight excluding hydrogens is 469 g/mol. The van der Waals surface area contributed by atoms with Crippen LogP contribution >= 0.6 is 22.6 Å². The number of nitrogens with zero attached hydrogens (tertiary/aromatic N) is 3. The predicted molar refractivity (Wildman–Crippen MR) is 119 cm³/mol. The average Bonchev–Trinajstić information content (AvgIpc) is 2.72. The van der Waals surface area contributed by atoms with E-state index in [1.807, 2.05) is 30.3 Å². The number of aromatic nitrogens is 3. The summed E-state index contributed by atoms with van der Waals surface area (Å²) in [7, 11) is 0. The van der Waals surface area contributed by atoms with Gasteiger partial charge in [-0.2, -0.15) is 0 Å². The Morgan fingerprint density at radius 3 is 2.64 bits per heavy atom. The summed E-state index contributed by atoms with van der Waals surface area (Å²) in [4.78, 5) is 25.1. The highest BCUT2D eigenvalue weighted by Gasteiger charge is 2.14. The fourth-order valence-corrected chi connectivity index (χ4v) is 3.18. The highest BCUT2D eigenvalue weighted by atomic mass is 127. The summed E-state index contributed by atoms with van der Waals surface area (Å²) >= 11 is 2.28. The third kappa shape index (κ3) is 3.68. The number of nitrogens with one attached hydrogen (secondary N) is 2. The van der Waals surface area contributed by atoms with Crippen molar-refractivity contribution in [2.75, 3.05) is 21.6 Å². The van der Waals surface area contributed by atoms with Gasteiger partial charge in [-0.15, -0.1) is 0 Å². The second-order valence-electron chi connectivity index (χ2n) is 6.06. The molecule has 0 spiro atoms. The van der Waals surface area contributed by atoms with Gasteiger partial charge in [0, 0.05) is 33.6 Å². The van der Waals surface area contributed by atoms with Gasteiger partial charge in [-0.3, -0.25) is 0 Å². The molecule has 4 aromatic rings. The zero-order valence-corrected chi connectivity index (χ0v) is 16.8. The van der Waals surface area contributed by atoms with Crippen LogP contribution in [-0.2, 0) is 0 Å². The van der Waals surface area contributed by atoms with Crippen molar-refractivity contribution in [3.8, 4) is 0 Å². The summed E-state index contributed by atoms with van der Waals surface area (Å²) < 4.78 is 0.933. The van der Waals surface area contributed by atoms with Crippen LogP contribution in [0, 0.1) is 0 Å². The lowest BCUT2D eigenvalue weighted by atomic mass is 10.1. The maximum absolute atomic E-state index is 11.4. The van der Waals surface area contributed by atoms with E-state index >= 15 is 0 Å². The van der Waals surface area contributed by atoms with Crippen molar-refractivity contribution in [1.29, 1.82) is 0 Å². The van der Waals surface area contributed by atoms with Crippen LogP contribution in [0.15, 0.2) is 54.7 Å². The quantitative estimate of drug-likeness (QED) is 0.211. The Balaban J connectivity index is 1.93. The summed E-state index contributed by atoms with van der Waals surface area (Å²) in [5, 5.41) is 17.4. The third-order valence-electron chi connectivity index (χ3n) is 4.19. The predicted octanol–water partition coefficient (Wildman–Crippen LogP) is 4.47. The van der Waals surface area contributed by atoms with Crippen LogP contribution in [0.2, 0.25) is 0 Å². The van der Waals surface area contributed by atoms with Crippen molar-refractivity contribution in [3.63, 3.8) is 0 Å². The number of carbonyl (C=O) groups is 1. The van der Waals surface area contributed by atoms with Crippen molar-refractivity contribution in [2.24, 2.45) is 0 Å². The first-order valence-corrected chi connectivity index (χ1v) is 10.1. The Labute approximate surface area is 174 Å². The minimum absolute atomic E-state index is 0.186. The van der Waals surface area contributed by atoms with Gasteiger partial charge in [0.1, 0.15) is 5.52 Å². The van der Waals surface area contributed by atoms with E-state index in [2.05, 4.69) is 48.2 Å². The molecule has 0 saturated heterocycles. The normalized spacial score (nSPS) is 10.9. The number of carboxylic acid groups (broad SMARTS) is 1. The number of carboxylic acids is 1. The first-order valence-electron chi connectivity index (χ1n) is 8.61. The Hall–Kier alpha value is -3.01. The monoisotopic (exact) mass is 485 g/mol. The van der Waals surface area contributed by atoms with Gasteiger partial charge in [-0.25, -0.2) is 19.7 Å². The fraction of sp³-hybridized carbons (Fsp3) is 0.100. The van der Waals surface area contributed by atoms with Crippen LogP contribution in [0.3, 0.4) is 0 Å². The van der Waals surface area contributed by atoms with Crippen molar-refractivity contribution in [3.05, 3.63) is 60.3 Å². The van der Waals surface area contributed by atoms with E-state index < -0.39 is 5.97 Å². The molecule has 0 aliphatic heterocycles. The number of para-hydroxylation sites is 1. The maximum atomic E-state index is 11.4. The first kappa shape index (κ1) is 18.4. The van der Waals surface area contributed by atoms with E-state index in [1.165, 1.54) is 0 Å². The zero-order valence-electron chi connectivity index (χ0n) is 14.7. The van der Waals surface area contributed by atoms with Gasteiger partial charge >= 0.3 is 5.97 Å². The van der Waals surface area contributed by atoms with Crippen molar-refractivity contribution < 1.29 is 9.90 Å². The first-order chi connectivity index (χ1) is 13.7. The molecule has 0 aliphatic rings. The van der Waals surface area contributed by atoms with Gasteiger partial charge < -0.3 is 15.7 Å². The number of rotatable bonds is 6. The lowest BCUT2D eigenvalue weighted by Crippen LogP contribution is -2.07. The molecule has 4 rings (SSSR count). The molecule has 0 unspecified atom stereocenters. The van der Waals surface area contributed by atoms with E-state index in [1.54, 1.807) is 24.4 Å². The molecule has 2 aromatic carbocycles. The molecule has 3 N–H and O–H groups in total. The van der Waals surface area contributed by atoms with Crippen LogP contribution in [0.25, 0.3) is 21.8 Å². The fourth-order valence-electron chi connectivity index (χ4n) is 2.91. The minimum Gasteiger partial charge on any atom is -0.478 e. The molecule has 0 aliphatic carbocycles. The molecule has 28 heavy (non-hydrogen) atoms. The lowest BCUT2D eigenvalue weighted by molar-refractivity contribution is 0.0697. The number of hydrogen-bond acceptors (Lipinski definition) is 6. The summed E-state index contributed by atoms with van der Waals surface area (Å²) in [5.74, 6) is 0.0932. The number of aromatic carboxylic acids is 1. The summed E-state index contributed by atoms with van der Waals surface area (Å²) in [6.45, 7) is 0.760. The van der Waals surface area contributed by atoms with Gasteiger partial charge in [-0.1, -0.05) is 46.9 Å². The van der Waals surface area contributed by atoms with E-state index in [9.17, 15) is 9.90 Å². The Kier molecular flexibility index (Phi) is 5.20. The third-order valence-corrected chi connectivity index (χ3v) is 4.73. The second-order valence-corrected chi connectivity index (χ2v) is 7.14. The molecule has 0 atom stereocenters. The maximum Gasteiger partial charge on any atom is 0.335 e. The summed E-state index contributed by atoms with van der Waals surface area (Å²) in [6, 6.07) is 14.5. The number of fused-ring (bicyclic) bond motifs is 3. The van der Waals surface area contributed by atoms with Gasteiger partial charge in [-0.05, 0) is 24.3 Å². The van der Waals surface area contributed by atoms with Crippen molar-refractivity contribution in [1.82, 2.24) is 15.0 Å².